The summed E-state index contributed by atoms with van der Waals surface area (Å²) in [6, 6.07) is 1.45. The highest BCUT2D eigenvalue weighted by molar-refractivity contribution is 4.97. The molecule has 0 radical (unpaired) electrons. The Labute approximate surface area is 107 Å². The van der Waals surface area contributed by atoms with E-state index >= 15 is 0 Å². The Kier molecular flexibility index (Phi) is 5.42. The van der Waals surface area contributed by atoms with Gasteiger partial charge in [-0.2, -0.15) is 0 Å². The monoisotopic (exact) mass is 242 g/mol. The Morgan fingerprint density at radius 2 is 1.94 bits per heavy atom. The molecule has 3 heteroatoms. The molecule has 1 aliphatic carbocycles. The van der Waals surface area contributed by atoms with E-state index in [0.29, 0.717) is 6.04 Å². The summed E-state index contributed by atoms with van der Waals surface area (Å²) in [6.45, 7) is 10.9. The summed E-state index contributed by atoms with van der Waals surface area (Å²) in [7, 11) is 1.77. The molecule has 0 heterocycles. The van der Waals surface area contributed by atoms with Crippen LogP contribution in [-0.2, 0) is 4.74 Å². The summed E-state index contributed by atoms with van der Waals surface area (Å²) in [5.41, 5.74) is 6.59. The molecule has 1 saturated carbocycles. The number of nitrogens with zero attached hydrogens (tertiary/aromatic N) is 1. The third-order valence-electron chi connectivity index (χ3n) is 3.69. The van der Waals surface area contributed by atoms with Crippen molar-refractivity contribution in [3.8, 4) is 0 Å². The Morgan fingerprint density at radius 1 is 1.35 bits per heavy atom. The summed E-state index contributed by atoms with van der Waals surface area (Å²) in [5.74, 6) is 0. The summed E-state index contributed by atoms with van der Waals surface area (Å²) in [6.07, 6.45) is 3.69. The van der Waals surface area contributed by atoms with Crippen LogP contribution in [0.3, 0.4) is 0 Å². The summed E-state index contributed by atoms with van der Waals surface area (Å²) >= 11 is 0. The fourth-order valence-corrected chi connectivity index (χ4v) is 2.76. The topological polar surface area (TPSA) is 38.5 Å². The van der Waals surface area contributed by atoms with E-state index < -0.39 is 0 Å². The van der Waals surface area contributed by atoms with Crippen molar-refractivity contribution in [3.05, 3.63) is 0 Å². The van der Waals surface area contributed by atoms with Crippen LogP contribution in [0.4, 0.5) is 0 Å². The van der Waals surface area contributed by atoms with Gasteiger partial charge in [0.05, 0.1) is 6.61 Å². The normalized spacial score (nSPS) is 20.6. The molecular weight excluding hydrogens is 212 g/mol. The standard InChI is InChI=1S/C14H30N2O/c1-6-12(15)13(14(2,3)4)16(9-10-17-5)11-7-8-11/h11-13H,6-10,15H2,1-5H3. The summed E-state index contributed by atoms with van der Waals surface area (Å²) < 4.78 is 5.24. The zero-order valence-electron chi connectivity index (χ0n) is 12.2. The van der Waals surface area contributed by atoms with E-state index in [4.69, 9.17) is 10.5 Å². The zero-order chi connectivity index (χ0) is 13.1. The second-order valence-corrected chi connectivity index (χ2v) is 6.34. The van der Waals surface area contributed by atoms with Gasteiger partial charge >= 0.3 is 0 Å². The van der Waals surface area contributed by atoms with Gasteiger partial charge in [-0.3, -0.25) is 4.90 Å². The highest BCUT2D eigenvalue weighted by Crippen LogP contribution is 2.36. The number of nitrogens with two attached hydrogens (primary N) is 1. The lowest BCUT2D eigenvalue weighted by Crippen LogP contribution is -2.56. The van der Waals surface area contributed by atoms with Crippen LogP contribution in [0.25, 0.3) is 0 Å². The SMILES string of the molecule is CCC(N)C(N(CCOC)C1CC1)C(C)(C)C. The first-order valence-corrected chi connectivity index (χ1v) is 6.92. The van der Waals surface area contributed by atoms with Crippen LogP contribution >= 0.6 is 0 Å². The molecular formula is C14H30N2O. The van der Waals surface area contributed by atoms with Gasteiger partial charge in [0.25, 0.3) is 0 Å². The molecule has 1 fully saturated rings. The zero-order valence-corrected chi connectivity index (χ0v) is 12.2. The van der Waals surface area contributed by atoms with Crippen LogP contribution in [0.5, 0.6) is 0 Å². The third-order valence-corrected chi connectivity index (χ3v) is 3.69. The van der Waals surface area contributed by atoms with Crippen molar-refractivity contribution < 1.29 is 4.74 Å². The number of hydrogen-bond acceptors (Lipinski definition) is 3. The minimum absolute atomic E-state index is 0.228. The van der Waals surface area contributed by atoms with E-state index in [1.165, 1.54) is 12.8 Å². The summed E-state index contributed by atoms with van der Waals surface area (Å²) in [4.78, 5) is 2.59. The number of ether oxygens (including phenoxy) is 1. The maximum Gasteiger partial charge on any atom is 0.0589 e. The lowest BCUT2D eigenvalue weighted by molar-refractivity contribution is 0.0447. The average Bonchev–Trinajstić information content (AvgIpc) is 3.05. The molecule has 0 amide bonds. The van der Waals surface area contributed by atoms with Crippen LogP contribution in [0.1, 0.15) is 47.0 Å². The molecule has 0 aromatic rings. The van der Waals surface area contributed by atoms with Crippen molar-refractivity contribution >= 4 is 0 Å². The van der Waals surface area contributed by atoms with Crippen molar-refractivity contribution in [2.24, 2.45) is 11.1 Å². The molecule has 0 aromatic heterocycles. The van der Waals surface area contributed by atoms with Crippen LogP contribution in [0, 0.1) is 5.41 Å². The fourth-order valence-electron chi connectivity index (χ4n) is 2.76. The largest absolute Gasteiger partial charge is 0.383 e. The molecule has 1 rings (SSSR count). The van der Waals surface area contributed by atoms with Crippen molar-refractivity contribution in [2.45, 2.75) is 65.1 Å². The lowest BCUT2D eigenvalue weighted by atomic mass is 9.80. The van der Waals surface area contributed by atoms with Crippen molar-refractivity contribution in [2.75, 3.05) is 20.3 Å². The van der Waals surface area contributed by atoms with E-state index in [0.717, 1.165) is 25.6 Å². The van der Waals surface area contributed by atoms with Crippen LogP contribution in [0.2, 0.25) is 0 Å². The predicted molar refractivity (Wildman–Crippen MR) is 73.1 cm³/mol. The smallest absolute Gasteiger partial charge is 0.0589 e. The van der Waals surface area contributed by atoms with Gasteiger partial charge in [-0.15, -0.1) is 0 Å². The van der Waals surface area contributed by atoms with Gasteiger partial charge in [0.15, 0.2) is 0 Å². The first kappa shape index (κ1) is 14.9. The van der Waals surface area contributed by atoms with Crippen LogP contribution in [0.15, 0.2) is 0 Å². The molecule has 1 aliphatic rings. The van der Waals surface area contributed by atoms with E-state index in [1.807, 2.05) is 0 Å². The van der Waals surface area contributed by atoms with E-state index in [1.54, 1.807) is 7.11 Å². The van der Waals surface area contributed by atoms with Gasteiger partial charge in [-0.05, 0) is 24.7 Å². The van der Waals surface area contributed by atoms with Crippen molar-refractivity contribution in [1.82, 2.24) is 4.90 Å². The van der Waals surface area contributed by atoms with Crippen LogP contribution < -0.4 is 5.73 Å². The minimum Gasteiger partial charge on any atom is -0.383 e. The number of rotatable bonds is 7. The lowest BCUT2D eigenvalue weighted by Gasteiger charge is -2.43. The number of hydrogen-bond donors (Lipinski definition) is 1. The maximum absolute atomic E-state index is 6.36. The molecule has 0 aromatic carbocycles. The van der Waals surface area contributed by atoms with E-state index in [-0.39, 0.29) is 11.5 Å². The van der Waals surface area contributed by atoms with Gasteiger partial charge in [0, 0.05) is 31.8 Å². The second kappa shape index (κ2) is 6.17. The molecule has 2 atom stereocenters. The molecule has 3 nitrogen and oxygen atoms in total. The first-order valence-electron chi connectivity index (χ1n) is 6.92. The summed E-state index contributed by atoms with van der Waals surface area (Å²) in [5, 5.41) is 0. The molecule has 2 unspecified atom stereocenters. The minimum atomic E-state index is 0.228. The second-order valence-electron chi connectivity index (χ2n) is 6.34. The van der Waals surface area contributed by atoms with Gasteiger partial charge < -0.3 is 10.5 Å². The molecule has 0 aliphatic heterocycles. The van der Waals surface area contributed by atoms with E-state index in [2.05, 4.69) is 32.6 Å². The van der Waals surface area contributed by atoms with E-state index in [9.17, 15) is 0 Å². The van der Waals surface area contributed by atoms with Gasteiger partial charge in [0.1, 0.15) is 0 Å². The predicted octanol–water partition coefficient (Wildman–Crippen LogP) is 2.25. The molecule has 2 N–H and O–H groups in total. The highest BCUT2D eigenvalue weighted by Gasteiger charge is 2.41. The van der Waals surface area contributed by atoms with Crippen LogP contribution in [-0.4, -0.2) is 43.3 Å². The molecule has 102 valence electrons. The third kappa shape index (κ3) is 4.23. The van der Waals surface area contributed by atoms with Crippen molar-refractivity contribution in [3.63, 3.8) is 0 Å². The molecule has 0 bridgehead atoms. The van der Waals surface area contributed by atoms with Gasteiger partial charge in [-0.1, -0.05) is 27.7 Å². The van der Waals surface area contributed by atoms with Gasteiger partial charge in [-0.25, -0.2) is 0 Å². The quantitative estimate of drug-likeness (QED) is 0.744. The molecule has 0 saturated heterocycles. The van der Waals surface area contributed by atoms with Crippen molar-refractivity contribution in [1.29, 1.82) is 0 Å². The average molecular weight is 242 g/mol. The van der Waals surface area contributed by atoms with Gasteiger partial charge in [0.2, 0.25) is 0 Å². The Hall–Kier alpha value is -0.120. The highest BCUT2D eigenvalue weighted by atomic mass is 16.5. The molecule has 17 heavy (non-hydrogen) atoms. The number of methoxy groups -OCH3 is 1. The maximum atomic E-state index is 6.36. The fraction of sp³-hybridized carbons (Fsp3) is 1.00. The Bertz CT molecular complexity index is 221. The Morgan fingerprint density at radius 3 is 2.29 bits per heavy atom. The first-order chi connectivity index (χ1) is 7.91. The Balaban J connectivity index is 2.76. The molecule has 0 spiro atoms.